The molecule has 1 aliphatic heterocycles. The molecule has 0 aromatic heterocycles. The molecule has 6 rings (SSSR count). The van der Waals surface area contributed by atoms with E-state index >= 15 is 8.78 Å². The van der Waals surface area contributed by atoms with Crippen LogP contribution < -0.4 is 0 Å². The number of alkyl halides is 2. The first-order valence-electron chi connectivity index (χ1n) is 13.2. The van der Waals surface area contributed by atoms with Crippen molar-refractivity contribution in [1.82, 2.24) is 5.06 Å². The first kappa shape index (κ1) is 25.8. The van der Waals surface area contributed by atoms with Gasteiger partial charge in [0.2, 0.25) is 0 Å². The van der Waals surface area contributed by atoms with Crippen LogP contribution in [-0.2, 0) is 21.0 Å². The number of hydroxylamine groups is 2. The Morgan fingerprint density at radius 2 is 1.89 bits per heavy atom. The van der Waals surface area contributed by atoms with E-state index in [1.165, 1.54) is 12.2 Å². The van der Waals surface area contributed by atoms with E-state index in [4.69, 9.17) is 4.84 Å². The average molecular weight is 530 g/mol. The number of aliphatic hydroxyl groups is 2. The Hall–Kier alpha value is -2.46. The minimum Gasteiger partial charge on any atom is -0.508 e. The number of nitrogens with zero attached hydrogens (tertiary/aromatic N) is 1. The summed E-state index contributed by atoms with van der Waals surface area (Å²) in [5.41, 5.74) is -5.39. The summed E-state index contributed by atoms with van der Waals surface area (Å²) in [7, 11) is 0. The Bertz CT molecular complexity index is 1250. The van der Waals surface area contributed by atoms with Gasteiger partial charge in [0, 0.05) is 35.8 Å². The number of hydrogen-bond donors (Lipinski definition) is 3. The number of fused-ring (bicyclic) bond motifs is 7. The molecule has 3 saturated carbocycles. The highest BCUT2D eigenvalue weighted by Crippen LogP contribution is 2.72. The van der Waals surface area contributed by atoms with Crippen molar-refractivity contribution in [3.8, 4) is 5.75 Å². The molecule has 1 heterocycles. The van der Waals surface area contributed by atoms with E-state index < -0.39 is 70.3 Å². The summed E-state index contributed by atoms with van der Waals surface area (Å²) < 4.78 is 33.1. The molecule has 0 unspecified atom stereocenters. The van der Waals surface area contributed by atoms with Gasteiger partial charge in [0.1, 0.15) is 18.5 Å². The van der Waals surface area contributed by atoms with Crippen molar-refractivity contribution in [1.29, 1.82) is 0 Å². The number of hydrogen-bond acceptors (Lipinski definition) is 7. The van der Waals surface area contributed by atoms with Crippen LogP contribution >= 0.6 is 0 Å². The van der Waals surface area contributed by atoms with Crippen LogP contribution in [0.15, 0.2) is 48.1 Å². The lowest BCUT2D eigenvalue weighted by molar-refractivity contribution is -0.269. The van der Waals surface area contributed by atoms with Crippen LogP contribution in [0.5, 0.6) is 5.75 Å². The average Bonchev–Trinajstić information content (AvgIpc) is 3.35. The van der Waals surface area contributed by atoms with Crippen molar-refractivity contribution in [2.45, 2.75) is 63.2 Å². The number of allylic oxidation sites excluding steroid dienone is 4. The van der Waals surface area contributed by atoms with Crippen LogP contribution in [0.25, 0.3) is 0 Å². The third-order valence-electron chi connectivity index (χ3n) is 10.5. The van der Waals surface area contributed by atoms with Crippen molar-refractivity contribution in [3.63, 3.8) is 0 Å². The lowest BCUT2D eigenvalue weighted by Crippen LogP contribution is -2.70. The Morgan fingerprint density at radius 1 is 1.18 bits per heavy atom. The molecule has 4 aliphatic carbocycles. The number of rotatable bonds is 4. The summed E-state index contributed by atoms with van der Waals surface area (Å²) in [5, 5.41) is 32.8. The number of phenolic OH excluding ortho intramolecular Hbond substituents is 1. The molecule has 1 aromatic carbocycles. The van der Waals surface area contributed by atoms with Gasteiger partial charge in [-0.25, -0.2) is 8.78 Å². The second-order valence-corrected chi connectivity index (χ2v) is 12.2. The molecule has 9 atom stereocenters. The van der Waals surface area contributed by atoms with Gasteiger partial charge in [-0.15, -0.1) is 0 Å². The number of Topliss-reactive ketones (excluding diaryl/α,β-unsaturated/α-hetero) is 1. The fourth-order valence-corrected chi connectivity index (χ4v) is 8.84. The number of carbonyl (C=O) groups excluding carboxylic acids is 2. The molecule has 0 bridgehead atoms. The zero-order valence-electron chi connectivity index (χ0n) is 21.4. The van der Waals surface area contributed by atoms with E-state index in [-0.39, 0.29) is 24.2 Å². The molecular formula is C29H33F2NO6. The lowest BCUT2D eigenvalue weighted by atomic mass is 9.44. The molecule has 38 heavy (non-hydrogen) atoms. The van der Waals surface area contributed by atoms with Crippen molar-refractivity contribution >= 4 is 11.6 Å². The Balaban J connectivity index is 1.39. The Morgan fingerprint density at radius 3 is 2.58 bits per heavy atom. The summed E-state index contributed by atoms with van der Waals surface area (Å²) in [6.45, 7) is 3.26. The predicted octanol–water partition coefficient (Wildman–Crippen LogP) is 2.98. The summed E-state index contributed by atoms with van der Waals surface area (Å²) in [6, 6.07) is 6.61. The summed E-state index contributed by atoms with van der Waals surface area (Å²) in [5.74, 6) is -2.60. The fraction of sp³-hybridized carbons (Fsp3) is 0.586. The number of benzene rings is 1. The van der Waals surface area contributed by atoms with E-state index in [0.717, 1.165) is 11.6 Å². The van der Waals surface area contributed by atoms with Gasteiger partial charge in [-0.3, -0.25) is 14.4 Å². The van der Waals surface area contributed by atoms with Gasteiger partial charge in [0.25, 0.3) is 0 Å². The van der Waals surface area contributed by atoms with Gasteiger partial charge in [0.05, 0.1) is 6.10 Å². The van der Waals surface area contributed by atoms with Crippen LogP contribution in [0.4, 0.5) is 8.78 Å². The summed E-state index contributed by atoms with van der Waals surface area (Å²) >= 11 is 0. The third kappa shape index (κ3) is 3.07. The second-order valence-electron chi connectivity index (χ2n) is 12.2. The van der Waals surface area contributed by atoms with Crippen molar-refractivity contribution < 1.29 is 38.5 Å². The molecule has 0 radical (unpaired) electrons. The SMILES string of the molecule is C[C@]12C=CC(=O)C=C1[C@@H](F)C[C@H]1[C@@H]3C[C@H]4CN(Cc5ccc(O)cc5)O[C@@]4(C(=O)CO)[C@@]3(C)C[C@H](O)[C@@]12F. The monoisotopic (exact) mass is 529 g/mol. The molecule has 7 nitrogen and oxygen atoms in total. The highest BCUT2D eigenvalue weighted by atomic mass is 19.1. The van der Waals surface area contributed by atoms with Crippen LogP contribution in [0, 0.1) is 28.6 Å². The number of phenols is 1. The smallest absolute Gasteiger partial charge is 0.192 e. The zero-order chi connectivity index (χ0) is 27.3. The normalized spacial score (nSPS) is 45.7. The van der Waals surface area contributed by atoms with Crippen molar-refractivity contribution in [2.75, 3.05) is 13.2 Å². The topological polar surface area (TPSA) is 107 Å². The number of aliphatic hydroxyl groups excluding tert-OH is 2. The Kier molecular flexibility index (Phi) is 5.62. The highest BCUT2D eigenvalue weighted by Gasteiger charge is 2.79. The highest BCUT2D eigenvalue weighted by molar-refractivity contribution is 6.01. The van der Waals surface area contributed by atoms with E-state index in [1.54, 1.807) is 43.2 Å². The van der Waals surface area contributed by atoms with Crippen LogP contribution in [0.1, 0.15) is 38.7 Å². The molecular weight excluding hydrogens is 496 g/mol. The molecule has 204 valence electrons. The molecule has 0 spiro atoms. The van der Waals surface area contributed by atoms with Crippen LogP contribution in [0.3, 0.4) is 0 Å². The quantitative estimate of drug-likeness (QED) is 0.551. The first-order valence-corrected chi connectivity index (χ1v) is 13.2. The number of halogens is 2. The van der Waals surface area contributed by atoms with Gasteiger partial charge < -0.3 is 15.3 Å². The van der Waals surface area contributed by atoms with Gasteiger partial charge in [0.15, 0.2) is 22.8 Å². The molecule has 5 aliphatic rings. The first-order chi connectivity index (χ1) is 17.9. The molecule has 4 fully saturated rings. The maximum atomic E-state index is 17.4. The predicted molar refractivity (Wildman–Crippen MR) is 132 cm³/mol. The van der Waals surface area contributed by atoms with Gasteiger partial charge in [-0.2, -0.15) is 5.06 Å². The van der Waals surface area contributed by atoms with Crippen LogP contribution in [-0.4, -0.2) is 68.6 Å². The minimum atomic E-state index is -2.24. The third-order valence-corrected chi connectivity index (χ3v) is 10.5. The zero-order valence-corrected chi connectivity index (χ0v) is 21.4. The van der Waals surface area contributed by atoms with Gasteiger partial charge in [-0.1, -0.05) is 25.1 Å². The van der Waals surface area contributed by atoms with E-state index in [2.05, 4.69) is 0 Å². The maximum Gasteiger partial charge on any atom is 0.192 e. The number of ketones is 2. The summed E-state index contributed by atoms with van der Waals surface area (Å²) in [6.07, 6.45) is 0.750. The maximum absolute atomic E-state index is 17.4. The second kappa shape index (κ2) is 8.27. The van der Waals surface area contributed by atoms with Gasteiger partial charge in [-0.05, 0) is 67.5 Å². The van der Waals surface area contributed by atoms with Crippen molar-refractivity contribution in [3.05, 3.63) is 53.6 Å². The number of carbonyl (C=O) groups is 2. The summed E-state index contributed by atoms with van der Waals surface area (Å²) in [4.78, 5) is 32.0. The van der Waals surface area contributed by atoms with E-state index in [0.29, 0.717) is 19.5 Å². The van der Waals surface area contributed by atoms with E-state index in [9.17, 15) is 24.9 Å². The standard InChI is InChI=1S/C29H33F2NO6/c1-26-8-7-19(35)10-22(26)23(30)11-21-20-9-17-14-32(13-16-3-5-18(34)6-4-16)38-29(17,25(37)15-33)27(20,2)12-24(36)28(21,26)31/h3-8,10,17,20-21,23-24,33-34,36H,9,11-15H2,1-2H3/t17-,20-,21-,23-,24-,26-,27-,28-,29-/m0/s1. The number of aromatic hydroxyl groups is 1. The molecule has 3 N–H and O–H groups in total. The van der Waals surface area contributed by atoms with Crippen LogP contribution in [0.2, 0.25) is 0 Å². The fourth-order valence-electron chi connectivity index (χ4n) is 8.84. The minimum absolute atomic E-state index is 0.0575. The largest absolute Gasteiger partial charge is 0.508 e. The van der Waals surface area contributed by atoms with E-state index in [1.807, 2.05) is 0 Å². The molecule has 9 heteroatoms. The van der Waals surface area contributed by atoms with Crippen molar-refractivity contribution in [2.24, 2.45) is 28.6 Å². The van der Waals surface area contributed by atoms with Gasteiger partial charge >= 0.3 is 0 Å². The lowest BCUT2D eigenvalue weighted by Gasteiger charge is -2.63. The Labute approximate surface area is 219 Å². The molecule has 1 saturated heterocycles. The molecule has 1 aromatic rings. The molecule has 0 amide bonds.